The number of aromatic nitrogens is 2. The van der Waals surface area contributed by atoms with E-state index in [0.717, 1.165) is 6.20 Å². The normalized spacial score (nSPS) is 17.1. The molecule has 2 N–H and O–H groups in total. The molecular formula is C11H13N3O4. The van der Waals surface area contributed by atoms with Gasteiger partial charge in [0, 0.05) is 25.2 Å². The lowest BCUT2D eigenvalue weighted by atomic mass is 9.87. The van der Waals surface area contributed by atoms with E-state index < -0.39 is 11.9 Å². The van der Waals surface area contributed by atoms with E-state index in [0.29, 0.717) is 13.1 Å². The minimum atomic E-state index is -0.853. The number of carbonyl (C=O) groups is 2. The molecule has 18 heavy (non-hydrogen) atoms. The second-order valence-electron chi connectivity index (χ2n) is 4.39. The van der Waals surface area contributed by atoms with Gasteiger partial charge in [0.25, 0.3) is 11.5 Å². The van der Waals surface area contributed by atoms with Gasteiger partial charge in [-0.2, -0.15) is 0 Å². The minimum absolute atomic E-state index is 0.0192. The Labute approximate surface area is 102 Å². The van der Waals surface area contributed by atoms with E-state index >= 15 is 0 Å². The molecule has 0 radical (unpaired) electrons. The summed E-state index contributed by atoms with van der Waals surface area (Å²) in [6.07, 6.45) is 2.31. The average Bonchev–Trinajstić information content (AvgIpc) is 2.27. The van der Waals surface area contributed by atoms with Gasteiger partial charge in [-0.15, -0.1) is 0 Å². The molecule has 0 aromatic carbocycles. The van der Waals surface area contributed by atoms with Crippen molar-refractivity contribution in [1.82, 2.24) is 14.9 Å². The van der Waals surface area contributed by atoms with Crippen LogP contribution in [0.15, 0.2) is 17.2 Å². The summed E-state index contributed by atoms with van der Waals surface area (Å²) in [6, 6.07) is 0. The summed E-state index contributed by atoms with van der Waals surface area (Å²) < 4.78 is 0. The molecule has 1 aliphatic rings. The summed E-state index contributed by atoms with van der Waals surface area (Å²) in [6.45, 7) is 2.45. The maximum atomic E-state index is 11.9. The number of nitrogens with one attached hydrogen (secondary N) is 1. The highest BCUT2D eigenvalue weighted by molar-refractivity contribution is 5.92. The van der Waals surface area contributed by atoms with Gasteiger partial charge < -0.3 is 15.0 Å². The number of carboxylic acids is 1. The van der Waals surface area contributed by atoms with Crippen molar-refractivity contribution in [2.75, 3.05) is 13.1 Å². The zero-order valence-electron chi connectivity index (χ0n) is 9.79. The number of amides is 1. The molecule has 2 heterocycles. The summed E-state index contributed by atoms with van der Waals surface area (Å²) in [5.74, 6) is -1.62. The molecule has 1 aromatic rings. The third-order valence-electron chi connectivity index (χ3n) is 3.18. The highest BCUT2D eigenvalue weighted by Gasteiger charge is 2.37. The maximum Gasteiger partial charge on any atom is 0.306 e. The maximum absolute atomic E-state index is 11.9. The number of aliphatic carboxylic acids is 1. The number of H-pyrrole nitrogens is 1. The van der Waals surface area contributed by atoms with Crippen molar-refractivity contribution in [2.24, 2.45) is 11.8 Å². The molecule has 0 saturated carbocycles. The molecule has 1 atom stereocenters. The van der Waals surface area contributed by atoms with Crippen molar-refractivity contribution in [3.8, 4) is 0 Å². The molecule has 0 spiro atoms. The molecule has 1 aromatic heterocycles. The molecule has 96 valence electrons. The van der Waals surface area contributed by atoms with Crippen LogP contribution >= 0.6 is 0 Å². The van der Waals surface area contributed by atoms with Crippen LogP contribution in [0.2, 0.25) is 0 Å². The van der Waals surface area contributed by atoms with Crippen molar-refractivity contribution in [1.29, 1.82) is 0 Å². The lowest BCUT2D eigenvalue weighted by molar-refractivity contribution is -0.144. The number of carboxylic acid groups (broad SMARTS) is 1. The van der Waals surface area contributed by atoms with E-state index in [9.17, 15) is 14.4 Å². The fourth-order valence-electron chi connectivity index (χ4n) is 1.82. The number of rotatable bonds is 3. The first-order valence-corrected chi connectivity index (χ1v) is 5.56. The number of nitrogens with zero attached hydrogens (tertiary/aromatic N) is 2. The SMILES string of the molecule is CC(C(=O)O)C1CN(C(=O)c2c[nH]c(=O)cn2)C1. The molecule has 1 unspecified atom stereocenters. The number of likely N-dealkylation sites (tertiary alicyclic amines) is 1. The van der Waals surface area contributed by atoms with Gasteiger partial charge in [0.15, 0.2) is 0 Å². The predicted molar refractivity (Wildman–Crippen MR) is 61.1 cm³/mol. The van der Waals surface area contributed by atoms with Gasteiger partial charge in [-0.05, 0) is 0 Å². The molecule has 2 rings (SSSR count). The second-order valence-corrected chi connectivity index (χ2v) is 4.39. The van der Waals surface area contributed by atoms with Gasteiger partial charge in [-0.1, -0.05) is 6.92 Å². The summed E-state index contributed by atoms with van der Waals surface area (Å²) >= 11 is 0. The quantitative estimate of drug-likeness (QED) is 0.758. The van der Waals surface area contributed by atoms with E-state index in [1.165, 1.54) is 11.1 Å². The molecule has 0 bridgehead atoms. The largest absolute Gasteiger partial charge is 0.481 e. The van der Waals surface area contributed by atoms with Crippen molar-refractivity contribution in [3.63, 3.8) is 0 Å². The van der Waals surface area contributed by atoms with Crippen molar-refractivity contribution < 1.29 is 14.7 Å². The van der Waals surface area contributed by atoms with Crippen LogP contribution < -0.4 is 5.56 Å². The molecular weight excluding hydrogens is 238 g/mol. The van der Waals surface area contributed by atoms with Crippen LogP contribution in [0, 0.1) is 11.8 Å². The van der Waals surface area contributed by atoms with Gasteiger partial charge >= 0.3 is 5.97 Å². The molecule has 1 fully saturated rings. The number of hydrogen-bond acceptors (Lipinski definition) is 4. The molecule has 1 amide bonds. The first-order valence-electron chi connectivity index (χ1n) is 5.56. The zero-order chi connectivity index (χ0) is 13.3. The molecule has 7 nitrogen and oxygen atoms in total. The fourth-order valence-corrected chi connectivity index (χ4v) is 1.82. The molecule has 7 heteroatoms. The highest BCUT2D eigenvalue weighted by atomic mass is 16.4. The van der Waals surface area contributed by atoms with Crippen LogP contribution in [0.1, 0.15) is 17.4 Å². The van der Waals surface area contributed by atoms with Crippen LogP contribution in [0.3, 0.4) is 0 Å². The van der Waals surface area contributed by atoms with Gasteiger partial charge in [-0.3, -0.25) is 14.4 Å². The van der Waals surface area contributed by atoms with E-state index in [1.807, 2.05) is 0 Å². The third kappa shape index (κ3) is 2.24. The van der Waals surface area contributed by atoms with Gasteiger partial charge in [0.2, 0.25) is 0 Å². The monoisotopic (exact) mass is 251 g/mol. The van der Waals surface area contributed by atoms with Gasteiger partial charge in [0.1, 0.15) is 5.69 Å². The number of aromatic amines is 1. The van der Waals surface area contributed by atoms with Crippen molar-refractivity contribution >= 4 is 11.9 Å². The summed E-state index contributed by atoms with van der Waals surface area (Å²) in [7, 11) is 0. The van der Waals surface area contributed by atoms with Crippen molar-refractivity contribution in [3.05, 3.63) is 28.4 Å². The summed E-state index contributed by atoms with van der Waals surface area (Å²) in [5, 5.41) is 8.83. The first-order chi connectivity index (χ1) is 8.49. The third-order valence-corrected chi connectivity index (χ3v) is 3.18. The lowest BCUT2D eigenvalue weighted by Crippen LogP contribution is -2.53. The first kappa shape index (κ1) is 12.3. The Morgan fingerprint density at radius 2 is 2.22 bits per heavy atom. The van der Waals surface area contributed by atoms with Gasteiger partial charge in [-0.25, -0.2) is 4.98 Å². The Balaban J connectivity index is 1.96. The van der Waals surface area contributed by atoms with Crippen LogP contribution in [0.5, 0.6) is 0 Å². The van der Waals surface area contributed by atoms with Crippen LogP contribution in [-0.4, -0.2) is 44.9 Å². The van der Waals surface area contributed by atoms with E-state index in [1.54, 1.807) is 6.92 Å². The fraction of sp³-hybridized carbons (Fsp3) is 0.455. The second kappa shape index (κ2) is 4.59. The van der Waals surface area contributed by atoms with Crippen LogP contribution in [0.4, 0.5) is 0 Å². The Bertz CT molecular complexity index is 513. The topological polar surface area (TPSA) is 103 Å². The summed E-state index contributed by atoms with van der Waals surface area (Å²) in [5.41, 5.74) is -0.205. The molecule has 1 saturated heterocycles. The lowest BCUT2D eigenvalue weighted by Gasteiger charge is -2.40. The Kier molecular flexibility index (Phi) is 3.14. The smallest absolute Gasteiger partial charge is 0.306 e. The van der Waals surface area contributed by atoms with Crippen molar-refractivity contribution in [2.45, 2.75) is 6.92 Å². The Hall–Kier alpha value is -2.18. The number of carbonyl (C=O) groups excluding carboxylic acids is 1. The average molecular weight is 251 g/mol. The summed E-state index contributed by atoms with van der Waals surface area (Å²) in [4.78, 5) is 41.1. The van der Waals surface area contributed by atoms with E-state index in [-0.39, 0.29) is 23.1 Å². The van der Waals surface area contributed by atoms with E-state index in [2.05, 4.69) is 9.97 Å². The minimum Gasteiger partial charge on any atom is -0.481 e. The molecule has 0 aliphatic carbocycles. The van der Waals surface area contributed by atoms with Gasteiger partial charge in [0.05, 0.1) is 12.1 Å². The Morgan fingerprint density at radius 1 is 1.56 bits per heavy atom. The predicted octanol–water partition coefficient (Wildman–Crippen LogP) is -0.437. The van der Waals surface area contributed by atoms with Crippen LogP contribution in [-0.2, 0) is 4.79 Å². The molecule has 1 aliphatic heterocycles. The highest BCUT2D eigenvalue weighted by Crippen LogP contribution is 2.24. The standard InChI is InChI=1S/C11H13N3O4/c1-6(11(17)18)7-4-14(5-7)10(16)8-2-13-9(15)3-12-8/h2-3,6-7H,4-5H2,1H3,(H,13,15)(H,17,18). The number of hydrogen-bond donors (Lipinski definition) is 2. The van der Waals surface area contributed by atoms with E-state index in [4.69, 9.17) is 5.11 Å². The van der Waals surface area contributed by atoms with Crippen LogP contribution in [0.25, 0.3) is 0 Å². The Morgan fingerprint density at radius 3 is 2.72 bits per heavy atom. The zero-order valence-corrected chi connectivity index (χ0v) is 9.79.